The molecule has 6 N–H and O–H groups in total. The summed E-state index contributed by atoms with van der Waals surface area (Å²) in [5.74, 6) is -1.52. The fourth-order valence-corrected chi connectivity index (χ4v) is 1.14. The second-order valence-electron chi connectivity index (χ2n) is 4.40. The summed E-state index contributed by atoms with van der Waals surface area (Å²) in [4.78, 5) is 22.8. The largest absolute Gasteiger partial charge is 0.391 e. The van der Waals surface area contributed by atoms with Gasteiger partial charge in [0.05, 0.1) is 0 Å². The zero-order chi connectivity index (χ0) is 13.4. The molecule has 0 aromatic heterocycles. The predicted octanol–water partition coefficient (Wildman–Crippen LogP) is -0.504. The summed E-state index contributed by atoms with van der Waals surface area (Å²) >= 11 is 0. The highest BCUT2D eigenvalue weighted by molar-refractivity contribution is 5.90. The normalized spacial score (nSPS) is 14.5. The van der Waals surface area contributed by atoms with Crippen molar-refractivity contribution in [3.8, 4) is 0 Å². The lowest BCUT2D eigenvalue weighted by atomic mass is 10.1. The van der Waals surface area contributed by atoms with Crippen LogP contribution in [0.1, 0.15) is 33.1 Å². The molecule has 0 amide bonds. The first-order valence-electron chi connectivity index (χ1n) is 5.87. The minimum absolute atomic E-state index is 0.0798. The summed E-state index contributed by atoms with van der Waals surface area (Å²) in [6, 6.07) is -1.58. The quantitative estimate of drug-likeness (QED) is 0.316. The maximum atomic E-state index is 11.4. The second-order valence-corrected chi connectivity index (χ2v) is 4.40. The molecule has 100 valence electrons. The molecule has 0 fully saturated rings. The molecule has 6 heteroatoms. The average Bonchev–Trinajstić information content (AvgIpc) is 2.27. The highest BCUT2D eigenvalue weighted by atomic mass is 16.6. The molecule has 0 aliphatic rings. The molecule has 0 bridgehead atoms. The predicted molar refractivity (Wildman–Crippen MR) is 64.8 cm³/mol. The van der Waals surface area contributed by atoms with Gasteiger partial charge in [0, 0.05) is 0 Å². The van der Waals surface area contributed by atoms with E-state index in [9.17, 15) is 9.59 Å². The van der Waals surface area contributed by atoms with Crippen LogP contribution in [-0.2, 0) is 14.3 Å². The molecular weight excluding hydrogens is 222 g/mol. The van der Waals surface area contributed by atoms with Gasteiger partial charge in [-0.1, -0.05) is 20.3 Å². The summed E-state index contributed by atoms with van der Waals surface area (Å²) < 4.78 is 4.61. The summed E-state index contributed by atoms with van der Waals surface area (Å²) in [6.07, 6.45) is 1.98. The Morgan fingerprint density at radius 2 is 1.71 bits per heavy atom. The van der Waals surface area contributed by atoms with E-state index in [1.807, 2.05) is 0 Å². The van der Waals surface area contributed by atoms with Gasteiger partial charge >= 0.3 is 11.9 Å². The summed E-state index contributed by atoms with van der Waals surface area (Å²) in [6.45, 7) is 4.11. The van der Waals surface area contributed by atoms with Gasteiger partial charge in [0.1, 0.15) is 12.1 Å². The van der Waals surface area contributed by atoms with Crippen LogP contribution in [0.3, 0.4) is 0 Å². The van der Waals surface area contributed by atoms with Crippen LogP contribution < -0.4 is 17.2 Å². The monoisotopic (exact) mass is 245 g/mol. The molecule has 6 nitrogen and oxygen atoms in total. The van der Waals surface area contributed by atoms with E-state index >= 15 is 0 Å². The standard InChI is InChI=1S/C11H23N3O3/c1-7(2)9(14)11(16)17-10(15)8(13)5-3-4-6-12/h7-9H,3-6,12-14H2,1-2H3/t8-,9-/m0/s1. The topological polar surface area (TPSA) is 121 Å². The van der Waals surface area contributed by atoms with Crippen LogP contribution in [0.5, 0.6) is 0 Å². The van der Waals surface area contributed by atoms with Crippen molar-refractivity contribution in [1.82, 2.24) is 0 Å². The van der Waals surface area contributed by atoms with Crippen LogP contribution in [0.2, 0.25) is 0 Å². The molecular formula is C11H23N3O3. The number of esters is 2. The minimum Gasteiger partial charge on any atom is -0.391 e. The van der Waals surface area contributed by atoms with E-state index in [2.05, 4.69) is 4.74 Å². The molecule has 0 saturated heterocycles. The van der Waals surface area contributed by atoms with Crippen LogP contribution >= 0.6 is 0 Å². The fourth-order valence-electron chi connectivity index (χ4n) is 1.14. The molecule has 0 radical (unpaired) electrons. The van der Waals surface area contributed by atoms with Gasteiger partial charge < -0.3 is 21.9 Å². The molecule has 0 aliphatic heterocycles. The highest BCUT2D eigenvalue weighted by Crippen LogP contribution is 2.04. The van der Waals surface area contributed by atoms with Crippen molar-refractivity contribution >= 4 is 11.9 Å². The van der Waals surface area contributed by atoms with E-state index in [1.54, 1.807) is 13.8 Å². The Morgan fingerprint density at radius 3 is 2.18 bits per heavy atom. The van der Waals surface area contributed by atoms with Gasteiger partial charge in [0.25, 0.3) is 0 Å². The molecule has 2 atom stereocenters. The van der Waals surface area contributed by atoms with Crippen LogP contribution in [0.15, 0.2) is 0 Å². The van der Waals surface area contributed by atoms with Gasteiger partial charge in [-0.2, -0.15) is 0 Å². The molecule has 0 heterocycles. The Hall–Kier alpha value is -0.980. The Morgan fingerprint density at radius 1 is 1.12 bits per heavy atom. The van der Waals surface area contributed by atoms with Gasteiger partial charge in [0.15, 0.2) is 0 Å². The molecule has 0 aromatic rings. The van der Waals surface area contributed by atoms with Crippen molar-refractivity contribution in [2.24, 2.45) is 23.1 Å². The first-order valence-corrected chi connectivity index (χ1v) is 5.87. The van der Waals surface area contributed by atoms with Crippen LogP contribution in [0, 0.1) is 5.92 Å². The van der Waals surface area contributed by atoms with Gasteiger partial charge in [-0.25, -0.2) is 9.59 Å². The van der Waals surface area contributed by atoms with Crippen molar-refractivity contribution < 1.29 is 14.3 Å². The number of unbranched alkanes of at least 4 members (excludes halogenated alkanes) is 1. The van der Waals surface area contributed by atoms with Gasteiger partial charge in [-0.05, 0) is 25.3 Å². The zero-order valence-electron chi connectivity index (χ0n) is 10.5. The van der Waals surface area contributed by atoms with Crippen molar-refractivity contribution in [2.75, 3.05) is 6.54 Å². The van der Waals surface area contributed by atoms with Crippen molar-refractivity contribution in [3.63, 3.8) is 0 Å². The number of nitrogens with two attached hydrogens (primary N) is 3. The maximum absolute atomic E-state index is 11.4. The van der Waals surface area contributed by atoms with Gasteiger partial charge in [0.2, 0.25) is 0 Å². The number of ether oxygens (including phenoxy) is 1. The first kappa shape index (κ1) is 16.0. The van der Waals surface area contributed by atoms with E-state index in [4.69, 9.17) is 17.2 Å². The Balaban J connectivity index is 4.03. The van der Waals surface area contributed by atoms with E-state index < -0.39 is 24.0 Å². The summed E-state index contributed by atoms with van der Waals surface area (Å²) in [5, 5.41) is 0. The fraction of sp³-hybridized carbons (Fsp3) is 0.818. The Kier molecular flexibility index (Phi) is 7.69. The Labute approximate surface area is 102 Å². The van der Waals surface area contributed by atoms with E-state index in [0.29, 0.717) is 13.0 Å². The number of hydrogen-bond acceptors (Lipinski definition) is 6. The lowest BCUT2D eigenvalue weighted by molar-refractivity contribution is -0.162. The third-order valence-corrected chi connectivity index (χ3v) is 2.46. The smallest absolute Gasteiger partial charge is 0.330 e. The Bertz CT molecular complexity index is 256. The molecule has 0 unspecified atom stereocenters. The second kappa shape index (κ2) is 8.16. The molecule has 0 spiro atoms. The third-order valence-electron chi connectivity index (χ3n) is 2.46. The van der Waals surface area contributed by atoms with Crippen molar-refractivity contribution in [3.05, 3.63) is 0 Å². The van der Waals surface area contributed by atoms with Gasteiger partial charge in [-0.3, -0.25) is 0 Å². The summed E-state index contributed by atoms with van der Waals surface area (Å²) in [5.41, 5.74) is 16.4. The van der Waals surface area contributed by atoms with Crippen LogP contribution in [0.4, 0.5) is 0 Å². The van der Waals surface area contributed by atoms with Crippen molar-refractivity contribution in [1.29, 1.82) is 0 Å². The van der Waals surface area contributed by atoms with Crippen LogP contribution in [0.25, 0.3) is 0 Å². The lowest BCUT2D eigenvalue weighted by Crippen LogP contribution is -2.42. The number of carbonyl (C=O) groups excluding carboxylic acids is 2. The van der Waals surface area contributed by atoms with E-state index in [0.717, 1.165) is 12.8 Å². The summed E-state index contributed by atoms with van der Waals surface area (Å²) in [7, 11) is 0. The highest BCUT2D eigenvalue weighted by Gasteiger charge is 2.24. The van der Waals surface area contributed by atoms with Gasteiger partial charge in [-0.15, -0.1) is 0 Å². The minimum atomic E-state index is -0.796. The number of hydrogen-bond donors (Lipinski definition) is 3. The molecule has 0 aromatic carbocycles. The first-order chi connectivity index (χ1) is 7.90. The van der Waals surface area contributed by atoms with E-state index in [1.165, 1.54) is 0 Å². The van der Waals surface area contributed by atoms with Crippen molar-refractivity contribution in [2.45, 2.75) is 45.2 Å². The van der Waals surface area contributed by atoms with Crippen LogP contribution in [-0.4, -0.2) is 30.6 Å². The lowest BCUT2D eigenvalue weighted by Gasteiger charge is -2.15. The zero-order valence-corrected chi connectivity index (χ0v) is 10.5. The third kappa shape index (κ3) is 6.35. The molecule has 0 saturated carbocycles. The maximum Gasteiger partial charge on any atom is 0.330 e. The molecule has 0 aliphatic carbocycles. The van der Waals surface area contributed by atoms with E-state index in [-0.39, 0.29) is 5.92 Å². The molecule has 0 rings (SSSR count). The number of carbonyl (C=O) groups is 2. The SMILES string of the molecule is CC(C)[C@H](N)C(=O)OC(=O)[C@@H](N)CCCCN. The average molecular weight is 245 g/mol. The number of rotatable bonds is 7. The molecule has 17 heavy (non-hydrogen) atoms.